The van der Waals surface area contributed by atoms with Crippen LogP contribution in [0.2, 0.25) is 0 Å². The molecule has 0 aliphatic carbocycles. The Balaban J connectivity index is 1.52. The van der Waals surface area contributed by atoms with E-state index in [1.807, 2.05) is 60.0 Å². The summed E-state index contributed by atoms with van der Waals surface area (Å²) in [5.74, 6) is -0.727. The number of nitrogens with zero attached hydrogens (tertiary/aromatic N) is 3. The van der Waals surface area contributed by atoms with Gasteiger partial charge in [-0.05, 0) is 42.3 Å². The molecule has 3 heterocycles. The van der Waals surface area contributed by atoms with Crippen molar-refractivity contribution in [2.24, 2.45) is 0 Å². The van der Waals surface area contributed by atoms with E-state index in [0.717, 1.165) is 48.0 Å². The highest BCUT2D eigenvalue weighted by Gasteiger charge is 2.44. The third kappa shape index (κ3) is 4.76. The fraction of sp³-hybridized carbons (Fsp3) is 0.357. The van der Waals surface area contributed by atoms with Gasteiger partial charge in [0.2, 0.25) is 5.91 Å². The van der Waals surface area contributed by atoms with Gasteiger partial charge in [-0.3, -0.25) is 9.59 Å². The highest BCUT2D eigenvalue weighted by atomic mass is 32.1. The van der Waals surface area contributed by atoms with Gasteiger partial charge in [-0.2, -0.15) is 0 Å². The Hall–Kier alpha value is -3.20. The molecular weight excluding hydrogens is 472 g/mol. The van der Waals surface area contributed by atoms with Crippen molar-refractivity contribution < 1.29 is 14.3 Å². The molecule has 3 aromatic rings. The van der Waals surface area contributed by atoms with Gasteiger partial charge < -0.3 is 24.8 Å². The quantitative estimate of drug-likeness (QED) is 0.526. The summed E-state index contributed by atoms with van der Waals surface area (Å²) in [6, 6.07) is 19.1. The number of methoxy groups -OCH3 is 1. The van der Waals surface area contributed by atoms with Crippen molar-refractivity contribution in [1.82, 2.24) is 9.80 Å². The molecule has 1 aromatic heterocycles. The van der Waals surface area contributed by atoms with Crippen molar-refractivity contribution in [1.29, 1.82) is 0 Å². The second kappa shape index (κ2) is 10.8. The first-order chi connectivity index (χ1) is 17.6. The SMILES string of the molecule is COCCN1C(=O)c2ccccc2[C@@H](C(=O)Nc2ccccc2N2CCN(C)CC2)[C@@H]1c1cccs1. The number of hydrogen-bond acceptors (Lipinski definition) is 6. The van der Waals surface area contributed by atoms with Crippen LogP contribution in [0.25, 0.3) is 0 Å². The number of likely N-dealkylation sites (N-methyl/N-ethyl adjacent to an activating group) is 1. The molecule has 5 rings (SSSR count). The fourth-order valence-electron chi connectivity index (χ4n) is 5.20. The van der Waals surface area contributed by atoms with Crippen LogP contribution in [0.15, 0.2) is 66.0 Å². The number of amides is 2. The second-order valence-electron chi connectivity index (χ2n) is 9.31. The molecule has 1 fully saturated rings. The van der Waals surface area contributed by atoms with E-state index in [-0.39, 0.29) is 11.8 Å². The van der Waals surface area contributed by atoms with Gasteiger partial charge in [0, 0.05) is 50.3 Å². The molecule has 2 aromatic carbocycles. The van der Waals surface area contributed by atoms with Gasteiger partial charge in [-0.25, -0.2) is 0 Å². The minimum Gasteiger partial charge on any atom is -0.383 e. The van der Waals surface area contributed by atoms with Gasteiger partial charge in [-0.1, -0.05) is 36.4 Å². The van der Waals surface area contributed by atoms with E-state index >= 15 is 0 Å². The molecule has 0 bridgehead atoms. The normalized spacial score (nSPS) is 20.3. The number of hydrogen-bond donors (Lipinski definition) is 1. The summed E-state index contributed by atoms with van der Waals surface area (Å²) >= 11 is 1.57. The Morgan fingerprint density at radius 2 is 1.78 bits per heavy atom. The molecular formula is C28H32N4O3S. The maximum atomic E-state index is 14.1. The van der Waals surface area contributed by atoms with E-state index in [0.29, 0.717) is 18.7 Å². The van der Waals surface area contributed by atoms with Gasteiger partial charge >= 0.3 is 0 Å². The van der Waals surface area contributed by atoms with Gasteiger partial charge in [0.15, 0.2) is 0 Å². The molecule has 0 radical (unpaired) electrons. The van der Waals surface area contributed by atoms with Crippen molar-refractivity contribution in [2.75, 3.05) is 63.7 Å². The molecule has 188 valence electrons. The molecule has 2 aliphatic heterocycles. The standard InChI is InChI=1S/C28H32N4O3S/c1-30-13-15-31(16-14-30)23-11-6-5-10-22(23)29-27(33)25-20-8-3-4-9-21(20)28(34)32(17-18-35-2)26(25)24-12-7-19-36-24/h3-12,19,25-26H,13-18H2,1-2H3,(H,29,33)/t25-,26+/m1/s1. The van der Waals surface area contributed by atoms with Crippen LogP contribution in [0.3, 0.4) is 0 Å². The summed E-state index contributed by atoms with van der Waals surface area (Å²) < 4.78 is 5.33. The van der Waals surface area contributed by atoms with E-state index in [9.17, 15) is 9.59 Å². The number of rotatable bonds is 7. The van der Waals surface area contributed by atoms with Crippen molar-refractivity contribution in [3.05, 3.63) is 82.0 Å². The van der Waals surface area contributed by atoms with Crippen LogP contribution < -0.4 is 10.2 Å². The number of ether oxygens (including phenoxy) is 1. The van der Waals surface area contributed by atoms with Crippen LogP contribution in [0, 0.1) is 0 Å². The maximum Gasteiger partial charge on any atom is 0.254 e. The predicted molar refractivity (Wildman–Crippen MR) is 144 cm³/mol. The van der Waals surface area contributed by atoms with Crippen LogP contribution in [0.1, 0.15) is 32.8 Å². The number of piperazine rings is 1. The lowest BCUT2D eigenvalue weighted by Gasteiger charge is -2.41. The van der Waals surface area contributed by atoms with Crippen LogP contribution in [-0.2, 0) is 9.53 Å². The first kappa shape index (κ1) is 24.5. The zero-order valence-corrected chi connectivity index (χ0v) is 21.5. The maximum absolute atomic E-state index is 14.1. The van der Waals surface area contributed by atoms with E-state index in [1.165, 1.54) is 0 Å². The molecule has 1 saturated heterocycles. The molecule has 2 amide bonds. The highest BCUT2D eigenvalue weighted by Crippen LogP contribution is 2.45. The number of carbonyl (C=O) groups excluding carboxylic acids is 2. The van der Waals surface area contributed by atoms with Gasteiger partial charge in [0.25, 0.3) is 5.91 Å². The zero-order chi connectivity index (χ0) is 25.1. The Morgan fingerprint density at radius 1 is 1.03 bits per heavy atom. The summed E-state index contributed by atoms with van der Waals surface area (Å²) in [6.45, 7) is 4.59. The van der Waals surface area contributed by atoms with Gasteiger partial charge in [0.05, 0.1) is 29.9 Å². The topological polar surface area (TPSA) is 65.1 Å². The summed E-state index contributed by atoms with van der Waals surface area (Å²) in [5, 5.41) is 5.25. The first-order valence-corrected chi connectivity index (χ1v) is 13.2. The minimum atomic E-state index is -0.546. The molecule has 8 heteroatoms. The summed E-state index contributed by atoms with van der Waals surface area (Å²) in [6.07, 6.45) is 0. The largest absolute Gasteiger partial charge is 0.383 e. The third-order valence-corrected chi connectivity index (χ3v) is 8.04. The van der Waals surface area contributed by atoms with E-state index in [4.69, 9.17) is 4.74 Å². The summed E-state index contributed by atoms with van der Waals surface area (Å²) in [7, 11) is 3.76. The molecule has 2 aliphatic rings. The molecule has 0 spiro atoms. The van der Waals surface area contributed by atoms with Crippen LogP contribution >= 0.6 is 11.3 Å². The van der Waals surface area contributed by atoms with Gasteiger partial charge in [0.1, 0.15) is 0 Å². The molecule has 36 heavy (non-hydrogen) atoms. The average molecular weight is 505 g/mol. The number of carbonyl (C=O) groups is 2. The van der Waals surface area contributed by atoms with Crippen LogP contribution in [0.4, 0.5) is 11.4 Å². The Bertz CT molecular complexity index is 1210. The molecule has 0 saturated carbocycles. The molecule has 1 N–H and O–H groups in total. The third-order valence-electron chi connectivity index (χ3n) is 7.10. The van der Waals surface area contributed by atoms with Gasteiger partial charge in [-0.15, -0.1) is 11.3 Å². The van der Waals surface area contributed by atoms with Crippen molar-refractivity contribution in [3.63, 3.8) is 0 Å². The van der Waals surface area contributed by atoms with Crippen molar-refractivity contribution in [2.45, 2.75) is 12.0 Å². The van der Waals surface area contributed by atoms with E-state index in [2.05, 4.69) is 28.2 Å². The Kier molecular flexibility index (Phi) is 7.36. The number of fused-ring (bicyclic) bond motifs is 1. The minimum absolute atomic E-state index is 0.0667. The average Bonchev–Trinajstić information content (AvgIpc) is 3.43. The smallest absolute Gasteiger partial charge is 0.254 e. The monoisotopic (exact) mass is 504 g/mol. The number of anilines is 2. The number of nitrogens with one attached hydrogen (secondary N) is 1. The van der Waals surface area contributed by atoms with E-state index in [1.54, 1.807) is 23.3 Å². The Labute approximate surface area is 216 Å². The van der Waals surface area contributed by atoms with Crippen molar-refractivity contribution >= 4 is 34.5 Å². The van der Waals surface area contributed by atoms with E-state index < -0.39 is 12.0 Å². The summed E-state index contributed by atoms with van der Waals surface area (Å²) in [5.41, 5.74) is 3.18. The molecule has 2 atom stereocenters. The Morgan fingerprint density at radius 3 is 2.53 bits per heavy atom. The van der Waals surface area contributed by atoms with Crippen LogP contribution in [-0.4, -0.2) is 75.1 Å². The fourth-order valence-corrected chi connectivity index (χ4v) is 6.07. The zero-order valence-electron chi connectivity index (χ0n) is 20.7. The lowest BCUT2D eigenvalue weighted by molar-refractivity contribution is -0.119. The lowest BCUT2D eigenvalue weighted by Crippen LogP contribution is -2.47. The molecule has 0 unspecified atom stereocenters. The molecule has 7 nitrogen and oxygen atoms in total. The highest BCUT2D eigenvalue weighted by molar-refractivity contribution is 7.10. The lowest BCUT2D eigenvalue weighted by atomic mass is 9.81. The van der Waals surface area contributed by atoms with Crippen LogP contribution in [0.5, 0.6) is 0 Å². The number of benzene rings is 2. The predicted octanol–water partition coefficient (Wildman–Crippen LogP) is 4.07. The summed E-state index contributed by atoms with van der Waals surface area (Å²) in [4.78, 5) is 35.2. The van der Waals surface area contributed by atoms with Crippen molar-refractivity contribution in [3.8, 4) is 0 Å². The second-order valence-corrected chi connectivity index (χ2v) is 10.3. The number of para-hydroxylation sites is 2. The first-order valence-electron chi connectivity index (χ1n) is 12.3. The number of thiophene rings is 1.